The van der Waals surface area contributed by atoms with Crippen LogP contribution in [-0.4, -0.2) is 15.7 Å². The van der Waals surface area contributed by atoms with E-state index < -0.39 is 0 Å². The molecule has 6 heteroatoms. The van der Waals surface area contributed by atoms with Gasteiger partial charge in [-0.2, -0.15) is 5.10 Å². The number of carbonyl (C=O) groups is 1. The molecule has 0 saturated heterocycles. The van der Waals surface area contributed by atoms with E-state index >= 15 is 0 Å². The second kappa shape index (κ2) is 5.33. The van der Waals surface area contributed by atoms with Gasteiger partial charge in [-0.15, -0.1) is 11.3 Å². The standard InChI is InChI=1S/C11H12ClN3OS/c1-2-15-7-8(5-14-15)11(16)13-6-9-3-4-10(12)17-9/h3-5,7H,2,6H2,1H3,(H,13,16). The van der Waals surface area contributed by atoms with Gasteiger partial charge in [-0.05, 0) is 19.1 Å². The van der Waals surface area contributed by atoms with E-state index in [2.05, 4.69) is 10.4 Å². The molecule has 90 valence electrons. The van der Waals surface area contributed by atoms with Crippen LogP contribution in [0.1, 0.15) is 22.2 Å². The molecule has 0 aliphatic carbocycles. The zero-order valence-corrected chi connectivity index (χ0v) is 10.9. The molecule has 1 amide bonds. The Morgan fingerprint density at radius 1 is 1.59 bits per heavy atom. The number of halogens is 1. The fourth-order valence-corrected chi connectivity index (χ4v) is 2.40. The van der Waals surface area contributed by atoms with Gasteiger partial charge in [0, 0.05) is 17.6 Å². The van der Waals surface area contributed by atoms with Crippen molar-refractivity contribution in [2.75, 3.05) is 0 Å². The van der Waals surface area contributed by atoms with Gasteiger partial charge in [-0.3, -0.25) is 9.48 Å². The van der Waals surface area contributed by atoms with Gasteiger partial charge in [0.05, 0.1) is 22.6 Å². The quantitative estimate of drug-likeness (QED) is 0.927. The molecule has 4 nitrogen and oxygen atoms in total. The Morgan fingerprint density at radius 2 is 2.41 bits per heavy atom. The molecule has 0 aliphatic rings. The van der Waals surface area contributed by atoms with E-state index in [-0.39, 0.29) is 5.91 Å². The van der Waals surface area contributed by atoms with Gasteiger partial charge in [0.1, 0.15) is 0 Å². The van der Waals surface area contributed by atoms with Gasteiger partial charge in [0.2, 0.25) is 0 Å². The smallest absolute Gasteiger partial charge is 0.254 e. The zero-order valence-electron chi connectivity index (χ0n) is 9.31. The molecule has 2 aromatic rings. The van der Waals surface area contributed by atoms with Gasteiger partial charge >= 0.3 is 0 Å². The monoisotopic (exact) mass is 269 g/mol. The van der Waals surface area contributed by atoms with Crippen LogP contribution in [0.3, 0.4) is 0 Å². The van der Waals surface area contributed by atoms with E-state index in [1.807, 2.05) is 19.1 Å². The van der Waals surface area contributed by atoms with Crippen LogP contribution in [0.4, 0.5) is 0 Å². The lowest BCUT2D eigenvalue weighted by atomic mass is 10.3. The first-order valence-corrected chi connectivity index (χ1v) is 6.43. The molecular formula is C11H12ClN3OS. The Morgan fingerprint density at radius 3 is 3.00 bits per heavy atom. The maximum Gasteiger partial charge on any atom is 0.254 e. The molecule has 2 heterocycles. The minimum atomic E-state index is -0.116. The van der Waals surface area contributed by atoms with Crippen molar-refractivity contribution >= 4 is 28.8 Å². The highest BCUT2D eigenvalue weighted by Gasteiger charge is 2.08. The first kappa shape index (κ1) is 12.1. The number of hydrogen-bond donors (Lipinski definition) is 1. The van der Waals surface area contributed by atoms with Crippen LogP contribution in [0.15, 0.2) is 24.5 Å². The third kappa shape index (κ3) is 3.08. The molecule has 0 saturated carbocycles. The normalized spacial score (nSPS) is 10.5. The van der Waals surface area contributed by atoms with Crippen LogP contribution in [0, 0.1) is 0 Å². The average molecular weight is 270 g/mol. The molecule has 17 heavy (non-hydrogen) atoms. The Balaban J connectivity index is 1.93. The highest BCUT2D eigenvalue weighted by atomic mass is 35.5. The summed E-state index contributed by atoms with van der Waals surface area (Å²) in [6.07, 6.45) is 3.30. The minimum Gasteiger partial charge on any atom is -0.347 e. The summed E-state index contributed by atoms with van der Waals surface area (Å²) in [6, 6.07) is 3.73. The molecule has 0 aromatic carbocycles. The van der Waals surface area contributed by atoms with Gasteiger partial charge in [-0.25, -0.2) is 0 Å². The van der Waals surface area contributed by atoms with Crippen LogP contribution in [0.2, 0.25) is 4.34 Å². The van der Waals surface area contributed by atoms with E-state index in [0.717, 1.165) is 15.8 Å². The van der Waals surface area contributed by atoms with Crippen LogP contribution < -0.4 is 5.32 Å². The van der Waals surface area contributed by atoms with Gasteiger partial charge in [-0.1, -0.05) is 11.6 Å². The van der Waals surface area contributed by atoms with Crippen molar-refractivity contribution in [3.63, 3.8) is 0 Å². The van der Waals surface area contributed by atoms with E-state index in [9.17, 15) is 4.79 Å². The van der Waals surface area contributed by atoms with Crippen molar-refractivity contribution < 1.29 is 4.79 Å². The van der Waals surface area contributed by atoms with Crippen LogP contribution in [0.5, 0.6) is 0 Å². The molecule has 0 fully saturated rings. The molecule has 1 N–H and O–H groups in total. The summed E-state index contributed by atoms with van der Waals surface area (Å²) in [4.78, 5) is 12.8. The predicted molar refractivity (Wildman–Crippen MR) is 68.4 cm³/mol. The molecule has 2 aromatic heterocycles. The largest absolute Gasteiger partial charge is 0.347 e. The average Bonchev–Trinajstić information content (AvgIpc) is 2.94. The number of thiophene rings is 1. The van der Waals surface area contributed by atoms with Crippen molar-refractivity contribution in [1.29, 1.82) is 0 Å². The molecule has 0 radical (unpaired) electrons. The van der Waals surface area contributed by atoms with Gasteiger partial charge in [0.15, 0.2) is 0 Å². The zero-order chi connectivity index (χ0) is 12.3. The summed E-state index contributed by atoms with van der Waals surface area (Å²) in [5.74, 6) is -0.116. The Bertz CT molecular complexity index is 520. The Hall–Kier alpha value is -1.33. The number of amides is 1. The summed E-state index contributed by atoms with van der Waals surface area (Å²) in [5, 5.41) is 6.88. The van der Waals surface area contributed by atoms with E-state index in [0.29, 0.717) is 12.1 Å². The SMILES string of the molecule is CCn1cc(C(=O)NCc2ccc(Cl)s2)cn1. The van der Waals surface area contributed by atoms with Crippen LogP contribution in [0.25, 0.3) is 0 Å². The lowest BCUT2D eigenvalue weighted by molar-refractivity contribution is 0.0951. The van der Waals surface area contributed by atoms with Crippen molar-refractivity contribution in [2.24, 2.45) is 0 Å². The van der Waals surface area contributed by atoms with E-state index in [4.69, 9.17) is 11.6 Å². The molecule has 0 aliphatic heterocycles. The second-order valence-electron chi connectivity index (χ2n) is 3.47. The van der Waals surface area contributed by atoms with Gasteiger partial charge in [0.25, 0.3) is 5.91 Å². The van der Waals surface area contributed by atoms with Crippen molar-refractivity contribution in [1.82, 2.24) is 15.1 Å². The summed E-state index contributed by atoms with van der Waals surface area (Å²) in [6.45, 7) is 3.23. The van der Waals surface area contributed by atoms with Crippen molar-refractivity contribution in [3.8, 4) is 0 Å². The van der Waals surface area contributed by atoms with Crippen LogP contribution in [-0.2, 0) is 13.1 Å². The highest BCUT2D eigenvalue weighted by molar-refractivity contribution is 7.16. The third-order valence-electron chi connectivity index (χ3n) is 2.27. The first-order valence-electron chi connectivity index (χ1n) is 5.24. The summed E-state index contributed by atoms with van der Waals surface area (Å²) < 4.78 is 2.45. The summed E-state index contributed by atoms with van der Waals surface area (Å²) in [5.41, 5.74) is 0.578. The van der Waals surface area contributed by atoms with E-state index in [1.165, 1.54) is 11.3 Å². The molecular weight excluding hydrogens is 258 g/mol. The molecule has 2 rings (SSSR count). The summed E-state index contributed by atoms with van der Waals surface area (Å²) >= 11 is 7.27. The number of hydrogen-bond acceptors (Lipinski definition) is 3. The number of nitrogens with one attached hydrogen (secondary N) is 1. The minimum absolute atomic E-state index is 0.116. The lowest BCUT2D eigenvalue weighted by Gasteiger charge is -2.00. The first-order chi connectivity index (χ1) is 8.19. The summed E-state index contributed by atoms with van der Waals surface area (Å²) in [7, 11) is 0. The fourth-order valence-electron chi connectivity index (χ4n) is 1.37. The Kier molecular flexibility index (Phi) is 3.81. The Labute approximate surface area is 108 Å². The van der Waals surface area contributed by atoms with Gasteiger partial charge < -0.3 is 5.32 Å². The third-order valence-corrected chi connectivity index (χ3v) is 3.50. The topological polar surface area (TPSA) is 46.9 Å². The molecule has 0 atom stereocenters. The maximum absolute atomic E-state index is 11.8. The van der Waals surface area contributed by atoms with E-state index in [1.54, 1.807) is 17.1 Å². The highest BCUT2D eigenvalue weighted by Crippen LogP contribution is 2.21. The lowest BCUT2D eigenvalue weighted by Crippen LogP contribution is -2.21. The van der Waals surface area contributed by atoms with Crippen molar-refractivity contribution in [3.05, 3.63) is 39.3 Å². The molecule has 0 bridgehead atoms. The number of aryl methyl sites for hydroxylation is 1. The van der Waals surface area contributed by atoms with Crippen molar-refractivity contribution in [2.45, 2.75) is 20.0 Å². The number of carbonyl (C=O) groups excluding carboxylic acids is 1. The molecule has 0 spiro atoms. The number of aromatic nitrogens is 2. The number of rotatable bonds is 4. The predicted octanol–water partition coefficient (Wildman–Crippen LogP) is 2.55. The fraction of sp³-hybridized carbons (Fsp3) is 0.273. The molecule has 0 unspecified atom stereocenters. The number of nitrogens with zero attached hydrogens (tertiary/aromatic N) is 2. The van der Waals surface area contributed by atoms with Crippen LogP contribution >= 0.6 is 22.9 Å². The second-order valence-corrected chi connectivity index (χ2v) is 5.27. The maximum atomic E-state index is 11.8.